The molecule has 1 heterocycles. The third kappa shape index (κ3) is 2.85. The van der Waals surface area contributed by atoms with Crippen LogP contribution in [-0.4, -0.2) is 5.97 Å². The third-order valence-electron chi connectivity index (χ3n) is 0.782. The largest absolute Gasteiger partial charge is 1.00 e. The first-order valence-electron chi connectivity index (χ1n) is 2.31. The molecule has 0 saturated carbocycles. The summed E-state index contributed by atoms with van der Waals surface area (Å²) >= 11 is 0. The molecule has 5 heteroatoms. The fraction of sp³-hybridized carbons (Fsp3) is 0. The molecule has 0 unspecified atom stereocenters. The van der Waals surface area contributed by atoms with E-state index >= 15 is 0 Å². The van der Waals surface area contributed by atoms with Crippen LogP contribution in [0.4, 0.5) is 0 Å². The Kier molecular flexibility index (Phi) is 5.01. The van der Waals surface area contributed by atoms with E-state index in [0.29, 0.717) is 0 Å². The maximum atomic E-state index is 9.98. The van der Waals surface area contributed by atoms with Crippen molar-refractivity contribution in [2.45, 2.75) is 0 Å². The van der Waals surface area contributed by atoms with Crippen LogP contribution >= 0.6 is 0 Å². The van der Waals surface area contributed by atoms with Crippen LogP contribution < -0.4 is 62.0 Å². The van der Waals surface area contributed by atoms with Crippen molar-refractivity contribution < 1.29 is 66.1 Å². The Hall–Kier alpha value is 0.186. The molecule has 1 rings (SSSR count). The van der Waals surface area contributed by atoms with Gasteiger partial charge < -0.3 is 14.7 Å². The minimum absolute atomic E-state index is 0. The number of rotatable bonds is 1. The van der Waals surface area contributed by atoms with Crippen molar-refractivity contribution in [3.05, 3.63) is 24.1 Å². The number of hydrogen-bond donors (Lipinski definition) is 1. The smallest absolute Gasteiger partial charge is 0.541 e. The van der Waals surface area contributed by atoms with Crippen LogP contribution in [0.25, 0.3) is 0 Å². The van der Waals surface area contributed by atoms with E-state index in [2.05, 4.69) is 10.3 Å². The van der Waals surface area contributed by atoms with Gasteiger partial charge in [-0.2, -0.15) is 0 Å². The van der Waals surface area contributed by atoms with Crippen molar-refractivity contribution in [3.8, 4) is 0 Å². The predicted molar refractivity (Wildman–Crippen MR) is 26.5 cm³/mol. The van der Waals surface area contributed by atoms with Crippen molar-refractivity contribution in [1.29, 1.82) is 0 Å². The standard InChI is InChI=1S/C5H5NO3.K/c7-5(8)4-2-1-3-6-9-4;/h1-3,6H,(H,7,8);/q;+1/p-1. The molecule has 0 radical (unpaired) electrons. The van der Waals surface area contributed by atoms with Crippen LogP contribution in [-0.2, 0) is 9.63 Å². The Morgan fingerprint density at radius 3 is 2.70 bits per heavy atom. The summed E-state index contributed by atoms with van der Waals surface area (Å²) in [5, 5.41) is 9.98. The molecule has 10 heavy (non-hydrogen) atoms. The molecule has 1 aliphatic heterocycles. The first-order chi connectivity index (χ1) is 4.30. The van der Waals surface area contributed by atoms with Crippen LogP contribution in [0.2, 0.25) is 0 Å². The van der Waals surface area contributed by atoms with Gasteiger partial charge in [0.25, 0.3) is 0 Å². The summed E-state index contributed by atoms with van der Waals surface area (Å²) in [4.78, 5) is 14.4. The fourth-order valence-electron chi connectivity index (χ4n) is 0.416. The predicted octanol–water partition coefficient (Wildman–Crippen LogP) is -4.33. The van der Waals surface area contributed by atoms with Crippen LogP contribution in [0, 0.1) is 0 Å². The zero-order valence-electron chi connectivity index (χ0n) is 5.46. The zero-order valence-corrected chi connectivity index (χ0v) is 8.58. The average Bonchev–Trinajstić information content (AvgIpc) is 1.90. The first-order valence-corrected chi connectivity index (χ1v) is 2.31. The molecule has 48 valence electrons. The topological polar surface area (TPSA) is 61.4 Å². The summed E-state index contributed by atoms with van der Waals surface area (Å²) in [6.07, 6.45) is 4.27. The number of hydroxylamine groups is 1. The van der Waals surface area contributed by atoms with Gasteiger partial charge in [-0.05, 0) is 12.2 Å². The molecule has 0 atom stereocenters. The van der Waals surface area contributed by atoms with Gasteiger partial charge in [0.15, 0.2) is 5.76 Å². The summed E-state index contributed by atoms with van der Waals surface area (Å²) in [5.74, 6) is -1.54. The molecule has 0 aromatic carbocycles. The van der Waals surface area contributed by atoms with Gasteiger partial charge in [-0.25, -0.2) is 5.48 Å². The van der Waals surface area contributed by atoms with E-state index in [9.17, 15) is 9.90 Å². The second kappa shape index (κ2) is 4.92. The number of carbonyl (C=O) groups excluding carboxylic acids is 1. The van der Waals surface area contributed by atoms with Crippen LogP contribution in [0.3, 0.4) is 0 Å². The van der Waals surface area contributed by atoms with Gasteiger partial charge in [0.05, 0.1) is 0 Å². The molecule has 1 N–H and O–H groups in total. The molecule has 0 aromatic heterocycles. The molecule has 0 aliphatic carbocycles. The molecule has 0 aromatic rings. The van der Waals surface area contributed by atoms with Gasteiger partial charge in [0.1, 0.15) is 5.97 Å². The maximum Gasteiger partial charge on any atom is 1.00 e. The molecule has 0 bridgehead atoms. The van der Waals surface area contributed by atoms with E-state index in [-0.39, 0.29) is 57.1 Å². The van der Waals surface area contributed by atoms with Crippen molar-refractivity contribution >= 4 is 5.97 Å². The molecular weight excluding hydrogens is 161 g/mol. The molecule has 4 nitrogen and oxygen atoms in total. The van der Waals surface area contributed by atoms with Crippen LogP contribution in [0.1, 0.15) is 0 Å². The second-order valence-corrected chi connectivity index (χ2v) is 1.40. The Labute approximate surface area is 100 Å². The number of allylic oxidation sites excluding steroid dienone is 2. The minimum Gasteiger partial charge on any atom is -0.541 e. The van der Waals surface area contributed by atoms with Gasteiger partial charge in [-0.1, -0.05) is 0 Å². The molecule has 0 amide bonds. The summed E-state index contributed by atoms with van der Waals surface area (Å²) in [6, 6.07) is 0. The third-order valence-corrected chi connectivity index (χ3v) is 0.782. The molecular formula is C5H4KNO3. The number of carboxylic acid groups (broad SMARTS) is 1. The second-order valence-electron chi connectivity index (χ2n) is 1.40. The van der Waals surface area contributed by atoms with E-state index in [1.54, 1.807) is 0 Å². The van der Waals surface area contributed by atoms with Crippen molar-refractivity contribution in [2.24, 2.45) is 0 Å². The Balaban J connectivity index is 0.000000810. The summed E-state index contributed by atoms with van der Waals surface area (Å²) in [5.41, 5.74) is 2.25. The fourth-order valence-corrected chi connectivity index (χ4v) is 0.416. The van der Waals surface area contributed by atoms with Gasteiger partial charge in [-0.3, -0.25) is 0 Å². The van der Waals surface area contributed by atoms with Crippen molar-refractivity contribution in [1.82, 2.24) is 5.48 Å². The SMILES string of the molecule is O=C([O-])C1=CC=CNO1.[K+]. The molecule has 1 aliphatic rings. The molecule has 0 spiro atoms. The first kappa shape index (κ1) is 10.2. The Bertz CT molecular complexity index is 187. The zero-order chi connectivity index (χ0) is 6.69. The average molecular weight is 165 g/mol. The van der Waals surface area contributed by atoms with Gasteiger partial charge in [0.2, 0.25) is 0 Å². The normalized spacial score (nSPS) is 13.8. The quantitative estimate of drug-likeness (QED) is 0.399. The van der Waals surface area contributed by atoms with Crippen molar-refractivity contribution in [3.63, 3.8) is 0 Å². The van der Waals surface area contributed by atoms with E-state index in [4.69, 9.17) is 0 Å². The monoisotopic (exact) mass is 165 g/mol. The van der Waals surface area contributed by atoms with Gasteiger partial charge in [0, 0.05) is 6.20 Å². The number of carbonyl (C=O) groups is 1. The summed E-state index contributed by atoms with van der Waals surface area (Å²) < 4.78 is 0. The summed E-state index contributed by atoms with van der Waals surface area (Å²) in [6.45, 7) is 0. The van der Waals surface area contributed by atoms with Gasteiger partial charge >= 0.3 is 51.4 Å². The minimum atomic E-state index is -1.33. The molecule has 0 saturated heterocycles. The number of hydrogen-bond acceptors (Lipinski definition) is 4. The molecule has 0 fully saturated rings. The Morgan fingerprint density at radius 1 is 1.70 bits per heavy atom. The van der Waals surface area contributed by atoms with E-state index in [1.807, 2.05) is 0 Å². The Morgan fingerprint density at radius 2 is 2.40 bits per heavy atom. The van der Waals surface area contributed by atoms with E-state index in [1.165, 1.54) is 18.4 Å². The van der Waals surface area contributed by atoms with Crippen LogP contribution in [0.15, 0.2) is 24.1 Å². The van der Waals surface area contributed by atoms with E-state index < -0.39 is 5.97 Å². The van der Waals surface area contributed by atoms with Crippen molar-refractivity contribution in [2.75, 3.05) is 0 Å². The number of nitrogens with one attached hydrogen (secondary N) is 1. The van der Waals surface area contributed by atoms with E-state index in [0.717, 1.165) is 0 Å². The number of aliphatic carboxylic acids is 1. The number of carboxylic acids is 1. The van der Waals surface area contributed by atoms with Crippen LogP contribution in [0.5, 0.6) is 0 Å². The summed E-state index contributed by atoms with van der Waals surface area (Å²) in [7, 11) is 0. The van der Waals surface area contributed by atoms with Gasteiger partial charge in [-0.15, -0.1) is 0 Å². The maximum absolute atomic E-state index is 9.98.